The van der Waals surface area contributed by atoms with E-state index < -0.39 is 5.79 Å². The zero-order valence-corrected chi connectivity index (χ0v) is 7.87. The fourth-order valence-corrected chi connectivity index (χ4v) is 1.25. The highest BCUT2D eigenvalue weighted by Gasteiger charge is 2.39. The normalized spacial score (nSPS) is 20.2. The van der Waals surface area contributed by atoms with Crippen molar-refractivity contribution < 1.29 is 23.7 Å². The van der Waals surface area contributed by atoms with Gasteiger partial charge < -0.3 is 18.9 Å². The predicted octanol–water partition coefficient (Wildman–Crippen LogP) is -0.0610. The third-order valence-electron chi connectivity index (χ3n) is 1.82. The maximum Gasteiger partial charge on any atom is 0.311 e. The fourth-order valence-electron chi connectivity index (χ4n) is 1.25. The number of methoxy groups -OCH3 is 2. The van der Waals surface area contributed by atoms with Crippen molar-refractivity contribution in [2.75, 3.05) is 34.0 Å². The van der Waals surface area contributed by atoms with E-state index in [9.17, 15) is 4.79 Å². The van der Waals surface area contributed by atoms with E-state index in [1.54, 1.807) is 0 Å². The second-order valence-electron chi connectivity index (χ2n) is 2.79. The maximum atomic E-state index is 11.0. The van der Waals surface area contributed by atoms with Crippen LogP contribution in [-0.4, -0.2) is 45.8 Å². The lowest BCUT2D eigenvalue weighted by molar-refractivity contribution is -0.201. The van der Waals surface area contributed by atoms with Crippen molar-refractivity contribution in [1.82, 2.24) is 0 Å². The van der Waals surface area contributed by atoms with Crippen LogP contribution in [-0.2, 0) is 23.7 Å². The molecule has 0 aliphatic carbocycles. The summed E-state index contributed by atoms with van der Waals surface area (Å²) in [5.74, 6) is -1.29. The summed E-state index contributed by atoms with van der Waals surface area (Å²) in [4.78, 5) is 11.0. The molecular formula is C8H14O5. The molecule has 0 aromatic carbocycles. The van der Waals surface area contributed by atoms with Gasteiger partial charge in [0.2, 0.25) is 5.79 Å². The van der Waals surface area contributed by atoms with Crippen LogP contribution in [0.3, 0.4) is 0 Å². The zero-order chi connectivity index (χ0) is 9.73. The summed E-state index contributed by atoms with van der Waals surface area (Å²) in [6.45, 7) is 1.21. The van der Waals surface area contributed by atoms with Crippen molar-refractivity contribution in [3.8, 4) is 0 Å². The molecule has 5 heteroatoms. The Morgan fingerprint density at radius 2 is 2.00 bits per heavy atom. The van der Waals surface area contributed by atoms with Gasteiger partial charge in [-0.1, -0.05) is 0 Å². The van der Waals surface area contributed by atoms with E-state index in [1.807, 2.05) is 0 Å². The van der Waals surface area contributed by atoms with Gasteiger partial charge in [-0.25, -0.2) is 0 Å². The van der Waals surface area contributed by atoms with Crippen LogP contribution in [0.5, 0.6) is 0 Å². The average Bonchev–Trinajstić information content (AvgIpc) is 2.54. The van der Waals surface area contributed by atoms with Crippen molar-refractivity contribution in [1.29, 1.82) is 0 Å². The number of ether oxygens (including phenoxy) is 4. The topological polar surface area (TPSA) is 54.0 Å². The number of carbonyl (C=O) groups is 1. The Balaban J connectivity index is 2.51. The molecule has 0 unspecified atom stereocenters. The summed E-state index contributed by atoms with van der Waals surface area (Å²) in [6, 6.07) is 0. The summed E-state index contributed by atoms with van der Waals surface area (Å²) in [7, 11) is 2.86. The molecular weight excluding hydrogens is 176 g/mol. The lowest BCUT2D eigenvalue weighted by atomic mass is 10.2. The predicted molar refractivity (Wildman–Crippen MR) is 43.1 cm³/mol. The van der Waals surface area contributed by atoms with Gasteiger partial charge in [0, 0.05) is 7.11 Å². The molecule has 0 spiro atoms. The van der Waals surface area contributed by atoms with Crippen LogP contribution < -0.4 is 0 Å². The van der Waals surface area contributed by atoms with Gasteiger partial charge >= 0.3 is 5.97 Å². The van der Waals surface area contributed by atoms with Crippen LogP contribution in [0.1, 0.15) is 6.42 Å². The summed E-state index contributed by atoms with van der Waals surface area (Å²) in [6.07, 6.45) is 0.0668. The van der Waals surface area contributed by atoms with Gasteiger partial charge in [0.05, 0.1) is 20.3 Å². The molecule has 0 atom stereocenters. The van der Waals surface area contributed by atoms with E-state index in [0.717, 1.165) is 0 Å². The summed E-state index contributed by atoms with van der Waals surface area (Å²) >= 11 is 0. The summed E-state index contributed by atoms with van der Waals surface area (Å²) in [5.41, 5.74) is 0. The van der Waals surface area contributed by atoms with E-state index in [1.165, 1.54) is 14.2 Å². The Bertz CT molecular complexity index is 173. The number of hydrogen-bond donors (Lipinski definition) is 0. The molecule has 5 nitrogen and oxygen atoms in total. The SMILES string of the molecule is COCC1(CC(=O)OC)OCCO1. The number of hydrogen-bond acceptors (Lipinski definition) is 5. The van der Waals surface area contributed by atoms with Crippen molar-refractivity contribution >= 4 is 5.97 Å². The van der Waals surface area contributed by atoms with Gasteiger partial charge in [-0.15, -0.1) is 0 Å². The molecule has 76 valence electrons. The average molecular weight is 190 g/mol. The van der Waals surface area contributed by atoms with Crippen LogP contribution in [0.4, 0.5) is 0 Å². The molecule has 1 heterocycles. The van der Waals surface area contributed by atoms with Gasteiger partial charge in [-0.05, 0) is 0 Å². The molecule has 0 N–H and O–H groups in total. The highest BCUT2D eigenvalue weighted by molar-refractivity contribution is 5.70. The zero-order valence-electron chi connectivity index (χ0n) is 7.87. The van der Waals surface area contributed by atoms with Crippen molar-refractivity contribution in [3.05, 3.63) is 0 Å². The number of esters is 1. The monoisotopic (exact) mass is 190 g/mol. The molecule has 0 aromatic rings. The Kier molecular flexibility index (Phi) is 3.65. The van der Waals surface area contributed by atoms with Crippen LogP contribution in [0.25, 0.3) is 0 Å². The molecule has 0 radical (unpaired) electrons. The van der Waals surface area contributed by atoms with Crippen molar-refractivity contribution in [3.63, 3.8) is 0 Å². The Labute approximate surface area is 76.9 Å². The maximum absolute atomic E-state index is 11.0. The Hall–Kier alpha value is -0.650. The molecule has 0 aromatic heterocycles. The standard InChI is InChI=1S/C8H14O5/c1-10-6-8(5-7(9)11-2)12-3-4-13-8/h3-6H2,1-2H3. The summed E-state index contributed by atoms with van der Waals surface area (Å²) < 4.78 is 20.1. The first kappa shape index (κ1) is 10.4. The molecule has 1 fully saturated rings. The van der Waals surface area contributed by atoms with Gasteiger partial charge in [-0.2, -0.15) is 0 Å². The minimum atomic E-state index is -0.929. The van der Waals surface area contributed by atoms with Crippen molar-refractivity contribution in [2.45, 2.75) is 12.2 Å². The van der Waals surface area contributed by atoms with Crippen LogP contribution in [0.2, 0.25) is 0 Å². The van der Waals surface area contributed by atoms with Gasteiger partial charge in [-0.3, -0.25) is 4.79 Å². The first-order chi connectivity index (χ1) is 6.22. The molecule has 1 saturated heterocycles. The van der Waals surface area contributed by atoms with Crippen LogP contribution in [0, 0.1) is 0 Å². The number of rotatable bonds is 4. The first-order valence-corrected chi connectivity index (χ1v) is 4.06. The quantitative estimate of drug-likeness (QED) is 0.581. The Morgan fingerprint density at radius 1 is 1.38 bits per heavy atom. The minimum absolute atomic E-state index is 0.0668. The second-order valence-corrected chi connectivity index (χ2v) is 2.79. The lowest BCUT2D eigenvalue weighted by Crippen LogP contribution is -2.38. The van der Waals surface area contributed by atoms with Gasteiger partial charge in [0.1, 0.15) is 13.0 Å². The lowest BCUT2D eigenvalue weighted by Gasteiger charge is -2.24. The molecule has 0 amide bonds. The van der Waals surface area contributed by atoms with Crippen LogP contribution in [0.15, 0.2) is 0 Å². The highest BCUT2D eigenvalue weighted by atomic mass is 16.8. The van der Waals surface area contributed by atoms with E-state index in [4.69, 9.17) is 14.2 Å². The smallest absolute Gasteiger partial charge is 0.311 e. The molecule has 1 aliphatic rings. The minimum Gasteiger partial charge on any atom is -0.469 e. The molecule has 1 aliphatic heterocycles. The largest absolute Gasteiger partial charge is 0.469 e. The first-order valence-electron chi connectivity index (χ1n) is 4.06. The van der Waals surface area contributed by atoms with E-state index in [0.29, 0.717) is 13.2 Å². The third-order valence-corrected chi connectivity index (χ3v) is 1.82. The summed E-state index contributed by atoms with van der Waals surface area (Å²) in [5, 5.41) is 0. The molecule has 13 heavy (non-hydrogen) atoms. The van der Waals surface area contributed by atoms with Gasteiger partial charge in [0.15, 0.2) is 0 Å². The molecule has 0 bridgehead atoms. The van der Waals surface area contributed by atoms with Gasteiger partial charge in [0.25, 0.3) is 0 Å². The fraction of sp³-hybridized carbons (Fsp3) is 0.875. The molecule has 0 saturated carbocycles. The van der Waals surface area contributed by atoms with Crippen molar-refractivity contribution in [2.24, 2.45) is 0 Å². The van der Waals surface area contributed by atoms with E-state index in [2.05, 4.69) is 4.74 Å². The molecule has 1 rings (SSSR count). The number of carbonyl (C=O) groups excluding carboxylic acids is 1. The van der Waals surface area contributed by atoms with Crippen LogP contribution >= 0.6 is 0 Å². The third kappa shape index (κ3) is 2.65. The highest BCUT2D eigenvalue weighted by Crippen LogP contribution is 2.24. The Morgan fingerprint density at radius 3 is 2.46 bits per heavy atom. The van der Waals surface area contributed by atoms with E-state index >= 15 is 0 Å². The second kappa shape index (κ2) is 4.55. The van der Waals surface area contributed by atoms with E-state index in [-0.39, 0.29) is 19.0 Å².